The van der Waals surface area contributed by atoms with Crippen molar-refractivity contribution in [3.63, 3.8) is 0 Å². The molecule has 1 N–H and O–H groups in total. The molecule has 3 aliphatic rings. The first kappa shape index (κ1) is 20.2. The predicted molar refractivity (Wildman–Crippen MR) is 117 cm³/mol. The molecular formula is C25H28N2O4. The minimum Gasteiger partial charge on any atom is -0.394 e. The molecule has 162 valence electrons. The molecule has 6 nitrogen and oxygen atoms in total. The fourth-order valence-electron chi connectivity index (χ4n) is 5.47. The van der Waals surface area contributed by atoms with Crippen LogP contribution in [0.5, 0.6) is 0 Å². The molecule has 2 aromatic rings. The third-order valence-corrected chi connectivity index (χ3v) is 7.01. The number of likely N-dealkylation sites (tertiary alicyclic amines) is 1. The van der Waals surface area contributed by atoms with E-state index in [1.807, 2.05) is 64.4 Å². The Labute approximate surface area is 182 Å². The highest BCUT2D eigenvalue weighted by Crippen LogP contribution is 2.48. The van der Waals surface area contributed by atoms with Gasteiger partial charge < -0.3 is 19.6 Å². The number of carbonyl (C=O) groups is 2. The Morgan fingerprint density at radius 3 is 2.45 bits per heavy atom. The van der Waals surface area contributed by atoms with Gasteiger partial charge in [-0.05, 0) is 30.0 Å². The zero-order chi connectivity index (χ0) is 21.4. The van der Waals surface area contributed by atoms with Gasteiger partial charge in [0.2, 0.25) is 11.8 Å². The van der Waals surface area contributed by atoms with Crippen molar-refractivity contribution < 1.29 is 19.4 Å². The van der Waals surface area contributed by atoms with Crippen LogP contribution in [0, 0.1) is 5.92 Å². The molecule has 3 atom stereocenters. The van der Waals surface area contributed by atoms with E-state index in [0.29, 0.717) is 26.2 Å². The summed E-state index contributed by atoms with van der Waals surface area (Å²) in [5.41, 5.74) is 2.94. The normalized spacial score (nSPS) is 25.4. The molecule has 0 saturated carbocycles. The molecule has 2 amide bonds. The number of anilines is 1. The highest BCUT2D eigenvalue weighted by Gasteiger charge is 2.55. The van der Waals surface area contributed by atoms with E-state index in [0.717, 1.165) is 29.7 Å². The van der Waals surface area contributed by atoms with E-state index in [9.17, 15) is 14.7 Å². The summed E-state index contributed by atoms with van der Waals surface area (Å²) >= 11 is 0. The number of aliphatic hydroxyl groups excluding tert-OH is 1. The monoisotopic (exact) mass is 420 g/mol. The lowest BCUT2D eigenvalue weighted by Crippen LogP contribution is -2.71. The van der Waals surface area contributed by atoms with Crippen LogP contribution in [-0.4, -0.2) is 60.3 Å². The summed E-state index contributed by atoms with van der Waals surface area (Å²) in [6, 6.07) is 17.3. The van der Waals surface area contributed by atoms with Crippen LogP contribution in [0.2, 0.25) is 0 Å². The van der Waals surface area contributed by atoms with Crippen molar-refractivity contribution in [3.8, 4) is 0 Å². The van der Waals surface area contributed by atoms with Crippen molar-refractivity contribution in [1.29, 1.82) is 0 Å². The van der Waals surface area contributed by atoms with Gasteiger partial charge in [0.15, 0.2) is 0 Å². The van der Waals surface area contributed by atoms with Crippen molar-refractivity contribution in [2.45, 2.75) is 37.3 Å². The summed E-state index contributed by atoms with van der Waals surface area (Å²) in [7, 11) is 0. The Kier molecular flexibility index (Phi) is 5.50. The van der Waals surface area contributed by atoms with Crippen molar-refractivity contribution in [1.82, 2.24) is 4.90 Å². The Hall–Kier alpha value is -2.70. The molecule has 31 heavy (non-hydrogen) atoms. The molecule has 5 rings (SSSR count). The minimum atomic E-state index is -0.248. The maximum atomic E-state index is 13.4. The number of benzene rings is 2. The standard InChI is InChI=1S/C25H28N2O4/c28-16-22-24-19-8-4-5-9-20(19)26(25(30)18-10-12-31-13-11-18)15-21(24)27(22)23(29)14-17-6-2-1-3-7-17/h1-9,18,21-22,24,28H,10-16H2/t21-,22-,24+/m1/s1. The number of para-hydroxylation sites is 1. The summed E-state index contributed by atoms with van der Waals surface area (Å²) in [6.07, 6.45) is 1.78. The summed E-state index contributed by atoms with van der Waals surface area (Å²) in [6.45, 7) is 1.64. The topological polar surface area (TPSA) is 70.1 Å². The fourth-order valence-corrected chi connectivity index (χ4v) is 5.47. The van der Waals surface area contributed by atoms with Crippen LogP contribution >= 0.6 is 0 Å². The largest absolute Gasteiger partial charge is 0.394 e. The lowest BCUT2D eigenvalue weighted by Gasteiger charge is -2.59. The third kappa shape index (κ3) is 3.54. The molecule has 0 spiro atoms. The summed E-state index contributed by atoms with van der Waals surface area (Å²) in [5.74, 6) is 0.140. The highest BCUT2D eigenvalue weighted by atomic mass is 16.5. The van der Waals surface area contributed by atoms with E-state index >= 15 is 0 Å². The number of amides is 2. The van der Waals surface area contributed by atoms with Gasteiger partial charge in [-0.3, -0.25) is 9.59 Å². The van der Waals surface area contributed by atoms with Crippen LogP contribution in [0.3, 0.4) is 0 Å². The van der Waals surface area contributed by atoms with Crippen LogP contribution in [0.15, 0.2) is 54.6 Å². The fraction of sp³-hybridized carbons (Fsp3) is 0.440. The van der Waals surface area contributed by atoms with Gasteiger partial charge in [0.25, 0.3) is 0 Å². The Balaban J connectivity index is 1.43. The number of rotatable bonds is 4. The number of hydrogen-bond donors (Lipinski definition) is 1. The van der Waals surface area contributed by atoms with E-state index < -0.39 is 0 Å². The van der Waals surface area contributed by atoms with Gasteiger partial charge in [-0.1, -0.05) is 48.5 Å². The molecule has 3 heterocycles. The first-order valence-corrected chi connectivity index (χ1v) is 11.1. The quantitative estimate of drug-likeness (QED) is 0.825. The highest BCUT2D eigenvalue weighted by molar-refractivity contribution is 5.97. The second-order valence-electron chi connectivity index (χ2n) is 8.70. The minimum absolute atomic E-state index is 0.00402. The molecule has 0 aliphatic carbocycles. The van der Waals surface area contributed by atoms with Crippen LogP contribution in [0.4, 0.5) is 5.69 Å². The van der Waals surface area contributed by atoms with Gasteiger partial charge in [-0.2, -0.15) is 0 Å². The first-order chi connectivity index (χ1) is 15.2. The predicted octanol–water partition coefficient (Wildman–Crippen LogP) is 2.36. The Morgan fingerprint density at radius 1 is 1.00 bits per heavy atom. The van der Waals surface area contributed by atoms with Crippen LogP contribution in [0.1, 0.15) is 29.9 Å². The van der Waals surface area contributed by atoms with Crippen molar-refractivity contribution in [3.05, 3.63) is 65.7 Å². The smallest absolute Gasteiger partial charge is 0.230 e. The average Bonchev–Trinajstić information content (AvgIpc) is 2.80. The molecule has 2 aromatic carbocycles. The van der Waals surface area contributed by atoms with Crippen molar-refractivity contribution >= 4 is 17.5 Å². The number of nitrogens with zero attached hydrogens (tertiary/aromatic N) is 2. The average molecular weight is 421 g/mol. The van der Waals surface area contributed by atoms with Crippen LogP contribution in [-0.2, 0) is 20.7 Å². The molecule has 0 bridgehead atoms. The van der Waals surface area contributed by atoms with Gasteiger partial charge in [0, 0.05) is 37.3 Å². The van der Waals surface area contributed by atoms with E-state index in [2.05, 4.69) is 0 Å². The second kappa shape index (κ2) is 8.44. The third-order valence-electron chi connectivity index (χ3n) is 7.01. The molecule has 3 aliphatic heterocycles. The van der Waals surface area contributed by atoms with Crippen LogP contribution < -0.4 is 4.90 Å². The van der Waals surface area contributed by atoms with Crippen molar-refractivity contribution in [2.24, 2.45) is 5.92 Å². The zero-order valence-electron chi connectivity index (χ0n) is 17.5. The summed E-state index contributed by atoms with van der Waals surface area (Å²) in [5, 5.41) is 10.1. The van der Waals surface area contributed by atoms with Gasteiger partial charge in [-0.25, -0.2) is 0 Å². The van der Waals surface area contributed by atoms with E-state index in [1.54, 1.807) is 0 Å². The lowest BCUT2D eigenvalue weighted by atomic mass is 9.71. The maximum Gasteiger partial charge on any atom is 0.230 e. The Morgan fingerprint density at radius 2 is 1.71 bits per heavy atom. The van der Waals surface area contributed by atoms with Crippen molar-refractivity contribution in [2.75, 3.05) is 31.3 Å². The molecule has 0 unspecified atom stereocenters. The van der Waals surface area contributed by atoms with Gasteiger partial charge in [-0.15, -0.1) is 0 Å². The molecule has 0 radical (unpaired) electrons. The van der Waals surface area contributed by atoms with Gasteiger partial charge in [0.1, 0.15) is 0 Å². The van der Waals surface area contributed by atoms with E-state index in [-0.39, 0.29) is 42.3 Å². The van der Waals surface area contributed by atoms with Crippen LogP contribution in [0.25, 0.3) is 0 Å². The molecule has 0 aromatic heterocycles. The van der Waals surface area contributed by atoms with Gasteiger partial charge in [0.05, 0.1) is 25.1 Å². The van der Waals surface area contributed by atoms with Gasteiger partial charge >= 0.3 is 0 Å². The van der Waals surface area contributed by atoms with E-state index in [4.69, 9.17) is 4.74 Å². The number of aliphatic hydroxyl groups is 1. The summed E-state index contributed by atoms with van der Waals surface area (Å²) < 4.78 is 5.44. The lowest BCUT2D eigenvalue weighted by molar-refractivity contribution is -0.150. The molecule has 2 fully saturated rings. The number of ether oxygens (including phenoxy) is 1. The SMILES string of the molecule is O=C(C1CCOCC1)N1C[C@@H]2[C@H](c3ccccc31)[C@@H](CO)N2C(=O)Cc1ccccc1. The number of fused-ring (bicyclic) bond motifs is 3. The first-order valence-electron chi connectivity index (χ1n) is 11.1. The number of carbonyl (C=O) groups excluding carboxylic acids is 2. The number of hydrogen-bond acceptors (Lipinski definition) is 4. The molecular weight excluding hydrogens is 392 g/mol. The second-order valence-corrected chi connectivity index (χ2v) is 8.70. The zero-order valence-corrected chi connectivity index (χ0v) is 17.5. The summed E-state index contributed by atoms with van der Waals surface area (Å²) in [4.78, 5) is 30.3. The molecule has 6 heteroatoms. The van der Waals surface area contributed by atoms with E-state index in [1.165, 1.54) is 0 Å². The molecule has 2 saturated heterocycles. The Bertz CT molecular complexity index is 957. The maximum absolute atomic E-state index is 13.4.